The Morgan fingerprint density at radius 3 is 2.57 bits per heavy atom. The molecule has 0 aromatic carbocycles. The standard InChI is InChI=1S/C8H9F3N2O/c1-2-12-7-4-3-6(5-13-7)14-8(9,10)11/h3-5H,2H2,1H3,(H,12,13). The number of nitrogens with one attached hydrogen (secondary N) is 1. The molecule has 0 fully saturated rings. The molecule has 1 heterocycles. The van der Waals surface area contributed by atoms with Crippen molar-refractivity contribution in [1.82, 2.24) is 4.98 Å². The summed E-state index contributed by atoms with van der Waals surface area (Å²) < 4.78 is 38.8. The lowest BCUT2D eigenvalue weighted by molar-refractivity contribution is -0.274. The Morgan fingerprint density at radius 1 is 1.43 bits per heavy atom. The molecule has 0 aliphatic carbocycles. The Balaban J connectivity index is 2.64. The number of rotatable bonds is 3. The molecule has 0 aliphatic heterocycles. The topological polar surface area (TPSA) is 34.1 Å². The van der Waals surface area contributed by atoms with E-state index in [0.29, 0.717) is 12.4 Å². The average molecular weight is 206 g/mol. The first kappa shape index (κ1) is 10.6. The van der Waals surface area contributed by atoms with E-state index < -0.39 is 6.36 Å². The Labute approximate surface area is 78.9 Å². The highest BCUT2D eigenvalue weighted by molar-refractivity contribution is 5.37. The van der Waals surface area contributed by atoms with Crippen LogP contribution in [0.4, 0.5) is 19.0 Å². The minimum absolute atomic E-state index is 0.320. The summed E-state index contributed by atoms with van der Waals surface area (Å²) in [6.45, 7) is 2.52. The van der Waals surface area contributed by atoms with Gasteiger partial charge in [-0.1, -0.05) is 0 Å². The maximum Gasteiger partial charge on any atom is 0.573 e. The summed E-state index contributed by atoms with van der Waals surface area (Å²) in [6, 6.07) is 2.63. The Hall–Kier alpha value is -1.46. The molecular weight excluding hydrogens is 197 g/mol. The number of ether oxygens (including phenoxy) is 1. The van der Waals surface area contributed by atoms with Gasteiger partial charge in [-0.2, -0.15) is 0 Å². The SMILES string of the molecule is CCNc1ccc(OC(F)(F)F)cn1. The van der Waals surface area contributed by atoms with Crippen LogP contribution in [0.3, 0.4) is 0 Å². The predicted octanol–water partition coefficient (Wildman–Crippen LogP) is 2.41. The van der Waals surface area contributed by atoms with Crippen LogP contribution in [-0.2, 0) is 0 Å². The maximum absolute atomic E-state index is 11.7. The summed E-state index contributed by atoms with van der Waals surface area (Å²) in [4.78, 5) is 3.72. The van der Waals surface area contributed by atoms with Crippen LogP contribution in [0.5, 0.6) is 5.75 Å². The fourth-order valence-electron chi connectivity index (χ4n) is 0.860. The second kappa shape index (κ2) is 4.17. The highest BCUT2D eigenvalue weighted by Crippen LogP contribution is 2.22. The number of nitrogens with zero attached hydrogens (tertiary/aromatic N) is 1. The number of anilines is 1. The van der Waals surface area contributed by atoms with Crippen LogP contribution in [0.1, 0.15) is 6.92 Å². The third-order valence-electron chi connectivity index (χ3n) is 1.33. The van der Waals surface area contributed by atoms with E-state index >= 15 is 0 Å². The van der Waals surface area contributed by atoms with Crippen LogP contribution in [0.2, 0.25) is 0 Å². The molecule has 0 unspecified atom stereocenters. The normalized spacial score (nSPS) is 11.1. The van der Waals surface area contributed by atoms with Crippen molar-refractivity contribution in [1.29, 1.82) is 0 Å². The van der Waals surface area contributed by atoms with Gasteiger partial charge in [-0.05, 0) is 19.1 Å². The van der Waals surface area contributed by atoms with Crippen molar-refractivity contribution in [3.05, 3.63) is 18.3 Å². The van der Waals surface area contributed by atoms with Gasteiger partial charge in [0.15, 0.2) is 0 Å². The number of aromatic nitrogens is 1. The monoisotopic (exact) mass is 206 g/mol. The van der Waals surface area contributed by atoms with Crippen LogP contribution < -0.4 is 10.1 Å². The molecule has 14 heavy (non-hydrogen) atoms. The Morgan fingerprint density at radius 2 is 2.14 bits per heavy atom. The van der Waals surface area contributed by atoms with Gasteiger partial charge in [-0.3, -0.25) is 0 Å². The summed E-state index contributed by atoms with van der Waals surface area (Å²) in [5, 5.41) is 2.85. The molecule has 1 N–H and O–H groups in total. The molecule has 0 radical (unpaired) electrons. The van der Waals surface area contributed by atoms with Crippen LogP contribution >= 0.6 is 0 Å². The van der Waals surface area contributed by atoms with E-state index in [1.165, 1.54) is 12.1 Å². The second-order valence-corrected chi connectivity index (χ2v) is 2.46. The van der Waals surface area contributed by atoms with Gasteiger partial charge in [0.25, 0.3) is 0 Å². The van der Waals surface area contributed by atoms with Gasteiger partial charge in [-0.25, -0.2) is 4.98 Å². The summed E-state index contributed by atoms with van der Waals surface area (Å²) >= 11 is 0. The van der Waals surface area contributed by atoms with Gasteiger partial charge in [0.2, 0.25) is 0 Å². The van der Waals surface area contributed by atoms with E-state index in [2.05, 4.69) is 15.0 Å². The average Bonchev–Trinajstić information content (AvgIpc) is 2.06. The fourth-order valence-corrected chi connectivity index (χ4v) is 0.860. The summed E-state index contributed by atoms with van der Waals surface area (Å²) in [7, 11) is 0. The van der Waals surface area contributed by atoms with E-state index in [9.17, 15) is 13.2 Å². The van der Waals surface area contributed by atoms with E-state index in [1.807, 2.05) is 6.92 Å². The van der Waals surface area contributed by atoms with E-state index in [4.69, 9.17) is 0 Å². The molecular formula is C8H9F3N2O. The lowest BCUT2D eigenvalue weighted by atomic mass is 10.4. The highest BCUT2D eigenvalue weighted by Gasteiger charge is 2.31. The zero-order chi connectivity index (χ0) is 10.6. The van der Waals surface area contributed by atoms with Crippen molar-refractivity contribution in [2.45, 2.75) is 13.3 Å². The van der Waals surface area contributed by atoms with Crippen molar-refractivity contribution < 1.29 is 17.9 Å². The van der Waals surface area contributed by atoms with Gasteiger partial charge < -0.3 is 10.1 Å². The quantitative estimate of drug-likeness (QED) is 0.824. The van der Waals surface area contributed by atoms with Crippen molar-refractivity contribution in [3.63, 3.8) is 0 Å². The molecule has 0 bridgehead atoms. The minimum atomic E-state index is -4.67. The van der Waals surface area contributed by atoms with Crippen LogP contribution in [-0.4, -0.2) is 17.9 Å². The van der Waals surface area contributed by atoms with Crippen molar-refractivity contribution in [2.75, 3.05) is 11.9 Å². The molecule has 1 rings (SSSR count). The summed E-state index contributed by atoms with van der Waals surface area (Å²) in [5.74, 6) is 0.196. The summed E-state index contributed by atoms with van der Waals surface area (Å²) in [6.07, 6.45) is -3.65. The van der Waals surface area contributed by atoms with Crippen molar-refractivity contribution >= 4 is 5.82 Å². The molecule has 0 saturated heterocycles. The molecule has 0 spiro atoms. The van der Waals surface area contributed by atoms with Crippen LogP contribution in [0.25, 0.3) is 0 Å². The number of pyridine rings is 1. The molecule has 3 nitrogen and oxygen atoms in total. The third kappa shape index (κ3) is 3.51. The predicted molar refractivity (Wildman–Crippen MR) is 45.1 cm³/mol. The molecule has 0 aliphatic rings. The highest BCUT2D eigenvalue weighted by atomic mass is 19.4. The van der Waals surface area contributed by atoms with Gasteiger partial charge in [0, 0.05) is 6.54 Å². The summed E-state index contributed by atoms with van der Waals surface area (Å²) in [5.41, 5.74) is 0. The van der Waals surface area contributed by atoms with Crippen molar-refractivity contribution in [3.8, 4) is 5.75 Å². The first-order chi connectivity index (χ1) is 6.51. The number of alkyl halides is 3. The first-order valence-electron chi connectivity index (χ1n) is 3.97. The van der Waals surface area contributed by atoms with Crippen LogP contribution in [0, 0.1) is 0 Å². The zero-order valence-corrected chi connectivity index (χ0v) is 7.43. The van der Waals surface area contributed by atoms with E-state index in [-0.39, 0.29) is 5.75 Å². The lowest BCUT2D eigenvalue weighted by Gasteiger charge is -2.08. The van der Waals surface area contributed by atoms with Gasteiger partial charge >= 0.3 is 6.36 Å². The molecule has 78 valence electrons. The largest absolute Gasteiger partial charge is 0.573 e. The lowest BCUT2D eigenvalue weighted by Crippen LogP contribution is -2.17. The Kier molecular flexibility index (Phi) is 3.16. The Bertz CT molecular complexity index is 284. The van der Waals surface area contributed by atoms with Crippen molar-refractivity contribution in [2.24, 2.45) is 0 Å². The van der Waals surface area contributed by atoms with Crippen LogP contribution in [0.15, 0.2) is 18.3 Å². The number of hydrogen-bond donors (Lipinski definition) is 1. The minimum Gasteiger partial charge on any atom is -0.404 e. The second-order valence-electron chi connectivity index (χ2n) is 2.46. The number of halogens is 3. The number of hydrogen-bond acceptors (Lipinski definition) is 3. The zero-order valence-electron chi connectivity index (χ0n) is 7.43. The third-order valence-corrected chi connectivity index (χ3v) is 1.33. The molecule has 0 amide bonds. The molecule has 1 aromatic heterocycles. The maximum atomic E-state index is 11.7. The molecule has 0 saturated carbocycles. The van der Waals surface area contributed by atoms with Gasteiger partial charge in [0.1, 0.15) is 11.6 Å². The van der Waals surface area contributed by atoms with Gasteiger partial charge in [-0.15, -0.1) is 13.2 Å². The molecule has 6 heteroatoms. The molecule has 1 aromatic rings. The smallest absolute Gasteiger partial charge is 0.404 e. The molecule has 0 atom stereocenters. The van der Waals surface area contributed by atoms with E-state index in [0.717, 1.165) is 6.20 Å². The van der Waals surface area contributed by atoms with Gasteiger partial charge in [0.05, 0.1) is 6.20 Å². The first-order valence-corrected chi connectivity index (χ1v) is 3.97. The fraction of sp³-hybridized carbons (Fsp3) is 0.375. The van der Waals surface area contributed by atoms with E-state index in [1.54, 1.807) is 0 Å².